The van der Waals surface area contributed by atoms with Crippen molar-refractivity contribution < 1.29 is 14.2 Å². The van der Waals surface area contributed by atoms with E-state index in [1.807, 2.05) is 85.1 Å². The average molecular weight is 662 g/mol. The van der Waals surface area contributed by atoms with Crippen molar-refractivity contribution in [2.75, 3.05) is 0 Å². The number of thiophene rings is 1. The number of nitrogens with zero attached hydrogens (tertiary/aromatic N) is 2. The van der Waals surface area contributed by atoms with Crippen LogP contribution in [0.15, 0.2) is 125 Å². The van der Waals surface area contributed by atoms with Gasteiger partial charge in [-0.2, -0.15) is 0 Å². The van der Waals surface area contributed by atoms with Crippen LogP contribution in [0.4, 0.5) is 4.39 Å². The molecule has 0 spiro atoms. The zero-order valence-corrected chi connectivity index (χ0v) is 25.8. The Kier molecular flexibility index (Phi) is 7.73. The summed E-state index contributed by atoms with van der Waals surface area (Å²) in [6.45, 7) is 0.353. The van der Waals surface area contributed by atoms with Crippen molar-refractivity contribution in [3.05, 3.63) is 158 Å². The number of benzene rings is 4. The summed E-state index contributed by atoms with van der Waals surface area (Å²) in [6, 6.07) is 34.5. The predicted octanol–water partition coefficient (Wildman–Crippen LogP) is 10.2. The van der Waals surface area contributed by atoms with Gasteiger partial charge in [0.25, 0.3) is 0 Å². The highest BCUT2D eigenvalue weighted by atomic mass is 79.9. The minimum atomic E-state index is -0.449. The van der Waals surface area contributed by atoms with Crippen molar-refractivity contribution in [1.29, 1.82) is 0 Å². The second-order valence-electron chi connectivity index (χ2n) is 10.4. The van der Waals surface area contributed by atoms with E-state index in [0.717, 1.165) is 41.7 Å². The molecular weight excluding hydrogens is 635 g/mol. The van der Waals surface area contributed by atoms with E-state index in [1.165, 1.54) is 12.1 Å². The van der Waals surface area contributed by atoms with Crippen LogP contribution in [0, 0.1) is 5.82 Å². The Morgan fingerprint density at radius 3 is 2.20 bits per heavy atom. The highest BCUT2D eigenvalue weighted by Crippen LogP contribution is 2.46. The molecule has 3 heterocycles. The number of hydrogen-bond acceptors (Lipinski definition) is 4. The van der Waals surface area contributed by atoms with Gasteiger partial charge in [-0.25, -0.2) is 4.39 Å². The van der Waals surface area contributed by atoms with Crippen molar-refractivity contribution in [3.8, 4) is 11.6 Å². The quantitative estimate of drug-likeness (QED) is 0.176. The molecule has 0 aliphatic carbocycles. The van der Waals surface area contributed by atoms with Crippen LogP contribution >= 0.6 is 27.3 Å². The summed E-state index contributed by atoms with van der Waals surface area (Å²) in [4.78, 5) is 5.90. The van der Waals surface area contributed by atoms with Gasteiger partial charge in [0, 0.05) is 28.0 Å². The van der Waals surface area contributed by atoms with Crippen molar-refractivity contribution in [2.24, 2.45) is 0 Å². The maximum absolute atomic E-state index is 13.7. The lowest BCUT2D eigenvalue weighted by atomic mass is 9.99. The molecule has 1 N–H and O–H groups in total. The van der Waals surface area contributed by atoms with E-state index in [1.54, 1.807) is 34.2 Å². The molecule has 0 fully saturated rings. The van der Waals surface area contributed by atoms with Gasteiger partial charge >= 0.3 is 0 Å². The fraction of sp³-hybridized carbons (Fsp3) is 0.0541. The molecule has 3 aromatic heterocycles. The predicted molar refractivity (Wildman–Crippen MR) is 181 cm³/mol. The Labute approximate surface area is 266 Å². The second-order valence-corrected chi connectivity index (χ2v) is 12.9. The van der Waals surface area contributed by atoms with Crippen molar-refractivity contribution >= 4 is 61.1 Å². The zero-order chi connectivity index (χ0) is 30.0. The van der Waals surface area contributed by atoms with Gasteiger partial charge in [-0.3, -0.25) is 4.98 Å². The number of pyridine rings is 1. The molecule has 7 rings (SSSR count). The van der Waals surface area contributed by atoms with E-state index < -0.39 is 6.10 Å². The molecule has 44 heavy (non-hydrogen) atoms. The highest BCUT2D eigenvalue weighted by molar-refractivity contribution is 9.11. The van der Waals surface area contributed by atoms with Crippen molar-refractivity contribution in [3.63, 3.8) is 0 Å². The van der Waals surface area contributed by atoms with Crippen molar-refractivity contribution in [1.82, 2.24) is 9.55 Å². The number of ether oxygens (including phenoxy) is 1. The molecule has 0 atom stereocenters. The molecule has 7 heteroatoms. The molecule has 0 aliphatic rings. The van der Waals surface area contributed by atoms with Crippen LogP contribution in [0.25, 0.3) is 33.8 Å². The number of hydrogen-bond donors (Lipinski definition) is 1. The summed E-state index contributed by atoms with van der Waals surface area (Å²) in [7, 11) is 0. The fourth-order valence-corrected chi connectivity index (χ4v) is 6.85. The smallest absolute Gasteiger partial charge is 0.203 e. The van der Waals surface area contributed by atoms with Crippen LogP contribution in [-0.4, -0.2) is 14.7 Å². The van der Waals surface area contributed by atoms with Gasteiger partial charge in [0.2, 0.25) is 5.88 Å². The molecule has 7 aromatic rings. The third kappa shape index (κ3) is 5.52. The maximum Gasteiger partial charge on any atom is 0.203 e. The molecule has 4 nitrogen and oxygen atoms in total. The summed E-state index contributed by atoms with van der Waals surface area (Å²) in [5, 5.41) is 14.2. The van der Waals surface area contributed by atoms with Crippen LogP contribution < -0.4 is 4.74 Å². The summed E-state index contributed by atoms with van der Waals surface area (Å²) < 4.78 is 23.5. The fourth-order valence-electron chi connectivity index (χ4n) is 5.53. The van der Waals surface area contributed by atoms with Gasteiger partial charge in [-0.15, -0.1) is 11.3 Å². The summed E-state index contributed by atoms with van der Waals surface area (Å²) >= 11 is 5.20. The minimum absolute atomic E-state index is 0.0558. The van der Waals surface area contributed by atoms with Crippen LogP contribution in [-0.2, 0) is 6.54 Å². The number of aromatic nitrogens is 2. The Morgan fingerprint density at radius 2 is 1.55 bits per heavy atom. The van der Waals surface area contributed by atoms with E-state index in [-0.39, 0.29) is 11.7 Å². The standard InChI is InChI=1S/C37H26BrFN2O2S/c38-32-20-18-28(44-32)17-19-29-30-12-7-21-40-34(30)36(43-35(25-8-3-1-4-9-25)26-10-5-2-6-11-26)33-31(29)23-41(37(33)42)22-24-13-15-27(39)16-14-24/h1-21,23,35,42H,22H2. The Hall–Kier alpha value is -4.72. The SMILES string of the molecule is Oc1c2c(OC(c3ccccc3)c3ccccc3)c3ncccc3c(C=Cc3ccc(Br)s3)c2cn1Cc1ccc(F)cc1. The summed E-state index contributed by atoms with van der Waals surface area (Å²) in [5.74, 6) is 0.254. The normalized spacial score (nSPS) is 11.7. The first-order valence-corrected chi connectivity index (χ1v) is 15.7. The number of halogens is 2. The van der Waals surface area contributed by atoms with E-state index in [0.29, 0.717) is 23.2 Å². The lowest BCUT2D eigenvalue weighted by Gasteiger charge is -2.22. The third-order valence-electron chi connectivity index (χ3n) is 7.59. The van der Waals surface area contributed by atoms with Crippen LogP contribution in [0.2, 0.25) is 0 Å². The Morgan fingerprint density at radius 1 is 0.841 bits per heavy atom. The molecule has 0 aliphatic heterocycles. The molecule has 0 saturated carbocycles. The van der Waals surface area contributed by atoms with Gasteiger partial charge in [-0.1, -0.05) is 84.9 Å². The largest absolute Gasteiger partial charge is 0.494 e. The molecule has 0 unspecified atom stereocenters. The topological polar surface area (TPSA) is 47.3 Å². The minimum Gasteiger partial charge on any atom is -0.494 e. The molecule has 216 valence electrons. The Bertz CT molecular complexity index is 2070. The monoisotopic (exact) mass is 660 g/mol. The molecule has 0 radical (unpaired) electrons. The van der Waals surface area contributed by atoms with Crippen LogP contribution in [0.1, 0.15) is 33.2 Å². The van der Waals surface area contributed by atoms with Crippen LogP contribution in [0.3, 0.4) is 0 Å². The van der Waals surface area contributed by atoms with E-state index in [2.05, 4.69) is 34.1 Å². The van der Waals surface area contributed by atoms with Gasteiger partial charge in [-0.05, 0) is 74.6 Å². The van der Waals surface area contributed by atoms with Gasteiger partial charge in [0.05, 0.1) is 15.7 Å². The highest BCUT2D eigenvalue weighted by Gasteiger charge is 2.25. The average Bonchev–Trinajstić information content (AvgIpc) is 3.62. The number of fused-ring (bicyclic) bond motifs is 2. The maximum atomic E-state index is 13.7. The van der Waals surface area contributed by atoms with E-state index in [4.69, 9.17) is 9.72 Å². The summed E-state index contributed by atoms with van der Waals surface area (Å²) in [5.41, 5.74) is 4.39. The molecule has 0 bridgehead atoms. The number of aromatic hydroxyl groups is 1. The molecule has 4 aromatic carbocycles. The first-order valence-electron chi connectivity index (χ1n) is 14.1. The van der Waals surface area contributed by atoms with E-state index >= 15 is 0 Å². The molecular formula is C37H26BrFN2O2S. The van der Waals surface area contributed by atoms with Crippen LogP contribution in [0.5, 0.6) is 11.6 Å². The van der Waals surface area contributed by atoms with Crippen molar-refractivity contribution in [2.45, 2.75) is 12.6 Å². The first-order chi connectivity index (χ1) is 21.5. The lowest BCUT2D eigenvalue weighted by Crippen LogP contribution is -2.10. The van der Waals surface area contributed by atoms with Gasteiger partial charge < -0.3 is 14.4 Å². The number of rotatable bonds is 8. The van der Waals surface area contributed by atoms with Gasteiger partial charge in [0.15, 0.2) is 5.75 Å². The molecule has 0 saturated heterocycles. The Balaban J connectivity index is 1.47. The summed E-state index contributed by atoms with van der Waals surface area (Å²) in [6.07, 6.45) is 7.38. The molecule has 0 amide bonds. The second kappa shape index (κ2) is 12.1. The van der Waals surface area contributed by atoms with Gasteiger partial charge in [0.1, 0.15) is 17.4 Å². The zero-order valence-electron chi connectivity index (χ0n) is 23.4. The van der Waals surface area contributed by atoms with E-state index in [9.17, 15) is 9.50 Å². The third-order valence-corrected chi connectivity index (χ3v) is 9.18. The lowest BCUT2D eigenvalue weighted by molar-refractivity contribution is 0.252. The first kappa shape index (κ1) is 28.1.